The maximum Gasteiger partial charge on any atom is 0.0909 e. The first-order valence-corrected chi connectivity index (χ1v) is 11.6. The van der Waals surface area contributed by atoms with Gasteiger partial charge in [0.15, 0.2) is 0 Å². The molecule has 0 aliphatic carbocycles. The van der Waals surface area contributed by atoms with Gasteiger partial charge in [0.25, 0.3) is 0 Å². The molecule has 1 aromatic carbocycles. The molecule has 1 rings (SSSR count). The maximum atomic E-state index is 6.42. The second-order valence-electron chi connectivity index (χ2n) is 8.09. The van der Waals surface area contributed by atoms with Gasteiger partial charge >= 0.3 is 0 Å². The molecule has 0 spiro atoms. The summed E-state index contributed by atoms with van der Waals surface area (Å²) in [6, 6.07) is 10.6. The van der Waals surface area contributed by atoms with E-state index >= 15 is 0 Å². The summed E-state index contributed by atoms with van der Waals surface area (Å²) >= 11 is 0. The van der Waals surface area contributed by atoms with Gasteiger partial charge in [-0.2, -0.15) is 0 Å². The number of likely N-dealkylation sites (N-methyl/N-ethyl adjacent to an activating group) is 1. The zero-order valence-electron chi connectivity index (χ0n) is 19.8. The van der Waals surface area contributed by atoms with Gasteiger partial charge in [-0.1, -0.05) is 58.0 Å². The molecule has 0 bridgehead atoms. The summed E-state index contributed by atoms with van der Waals surface area (Å²) in [5.41, 5.74) is 1.08. The molecule has 0 aliphatic heterocycles. The molecule has 0 aliphatic rings. The number of nitrogens with zero attached hydrogens (tertiary/aromatic N) is 1. The summed E-state index contributed by atoms with van der Waals surface area (Å²) in [7, 11) is 2.14. The van der Waals surface area contributed by atoms with Crippen LogP contribution in [0, 0.1) is 0 Å². The van der Waals surface area contributed by atoms with E-state index in [1.54, 1.807) is 0 Å². The van der Waals surface area contributed by atoms with E-state index in [2.05, 4.69) is 76.9 Å². The summed E-state index contributed by atoms with van der Waals surface area (Å²) in [5.74, 6) is 0. The minimum Gasteiger partial charge on any atom is -0.377 e. The molecule has 168 valence electrons. The van der Waals surface area contributed by atoms with Gasteiger partial charge in [0.2, 0.25) is 0 Å². The third-order valence-electron chi connectivity index (χ3n) is 6.27. The Labute approximate surface area is 179 Å². The zero-order chi connectivity index (χ0) is 21.6. The van der Waals surface area contributed by atoms with Gasteiger partial charge in [-0.25, -0.2) is 0 Å². The summed E-state index contributed by atoms with van der Waals surface area (Å²) in [6.07, 6.45) is 4.91. The second kappa shape index (κ2) is 14.1. The van der Waals surface area contributed by atoms with Crippen LogP contribution in [0.5, 0.6) is 0 Å². The predicted molar refractivity (Wildman–Crippen MR) is 122 cm³/mol. The molecular weight excluding hydrogens is 362 g/mol. The van der Waals surface area contributed by atoms with Crippen molar-refractivity contribution in [3.63, 3.8) is 0 Å². The summed E-state index contributed by atoms with van der Waals surface area (Å²) in [5, 5.41) is 0. The molecule has 29 heavy (non-hydrogen) atoms. The minimum absolute atomic E-state index is 0.0526. The molecule has 0 unspecified atom stereocenters. The lowest BCUT2D eigenvalue weighted by atomic mass is 9.92. The summed E-state index contributed by atoms with van der Waals surface area (Å²) in [4.78, 5) is 2.30. The quantitative estimate of drug-likeness (QED) is 0.310. The standard InChI is InChI=1S/C25H45NO3/c1-7-24(8-2,28-11-5)17-19-29-25(9-3,10-4)22-27-20-18-26(6)21-23-15-13-12-14-16-23/h12-16H,7-11,17-22H2,1-6H3. The van der Waals surface area contributed by atoms with Crippen LogP contribution in [0.1, 0.15) is 72.3 Å². The van der Waals surface area contributed by atoms with Crippen molar-refractivity contribution in [2.75, 3.05) is 40.0 Å². The molecule has 0 saturated heterocycles. The number of benzene rings is 1. The molecule has 0 saturated carbocycles. The monoisotopic (exact) mass is 407 g/mol. The third-order valence-corrected chi connectivity index (χ3v) is 6.27. The van der Waals surface area contributed by atoms with Crippen molar-refractivity contribution in [1.82, 2.24) is 4.90 Å². The number of rotatable bonds is 17. The van der Waals surface area contributed by atoms with E-state index in [1.165, 1.54) is 5.56 Å². The fourth-order valence-electron chi connectivity index (χ4n) is 3.79. The minimum atomic E-state index is -0.197. The Morgan fingerprint density at radius 3 is 1.97 bits per heavy atom. The lowest BCUT2D eigenvalue weighted by Gasteiger charge is -2.36. The van der Waals surface area contributed by atoms with Crippen LogP contribution in [0.2, 0.25) is 0 Å². The number of hydrogen-bond donors (Lipinski definition) is 0. The molecule has 0 amide bonds. The van der Waals surface area contributed by atoms with Crippen molar-refractivity contribution >= 4 is 0 Å². The van der Waals surface area contributed by atoms with Crippen LogP contribution >= 0.6 is 0 Å². The zero-order valence-corrected chi connectivity index (χ0v) is 19.8. The summed E-state index contributed by atoms with van der Waals surface area (Å²) < 4.78 is 18.6. The van der Waals surface area contributed by atoms with Crippen LogP contribution in [0.15, 0.2) is 30.3 Å². The molecule has 4 nitrogen and oxygen atoms in total. The van der Waals surface area contributed by atoms with Crippen molar-refractivity contribution in [3.8, 4) is 0 Å². The van der Waals surface area contributed by atoms with Crippen molar-refractivity contribution in [1.29, 1.82) is 0 Å². The van der Waals surface area contributed by atoms with Gasteiger partial charge < -0.3 is 14.2 Å². The molecule has 0 aromatic heterocycles. The predicted octanol–water partition coefficient (Wildman–Crippen LogP) is 5.70. The highest BCUT2D eigenvalue weighted by atomic mass is 16.5. The fourth-order valence-corrected chi connectivity index (χ4v) is 3.79. The molecule has 0 atom stereocenters. The van der Waals surface area contributed by atoms with Crippen molar-refractivity contribution in [2.24, 2.45) is 0 Å². The first-order chi connectivity index (χ1) is 14.0. The van der Waals surface area contributed by atoms with E-state index in [1.807, 2.05) is 0 Å². The topological polar surface area (TPSA) is 30.9 Å². The molecular formula is C25H45NO3. The van der Waals surface area contributed by atoms with Crippen LogP contribution < -0.4 is 0 Å². The van der Waals surface area contributed by atoms with Crippen molar-refractivity contribution < 1.29 is 14.2 Å². The SMILES string of the molecule is CCOC(CC)(CC)CCOC(CC)(CC)COCCN(C)Cc1ccccc1. The molecule has 0 fully saturated rings. The lowest BCUT2D eigenvalue weighted by Crippen LogP contribution is -2.40. The van der Waals surface area contributed by atoms with Crippen LogP contribution in [-0.4, -0.2) is 56.1 Å². The lowest BCUT2D eigenvalue weighted by molar-refractivity contribution is -0.127. The van der Waals surface area contributed by atoms with Gasteiger partial charge in [0.05, 0.1) is 31.0 Å². The van der Waals surface area contributed by atoms with E-state index in [-0.39, 0.29) is 11.2 Å². The van der Waals surface area contributed by atoms with Crippen molar-refractivity contribution in [3.05, 3.63) is 35.9 Å². The first-order valence-electron chi connectivity index (χ1n) is 11.6. The molecule has 0 heterocycles. The Morgan fingerprint density at radius 1 is 0.793 bits per heavy atom. The van der Waals surface area contributed by atoms with E-state index in [9.17, 15) is 0 Å². The summed E-state index contributed by atoms with van der Waals surface area (Å²) in [6.45, 7) is 15.6. The van der Waals surface area contributed by atoms with Crippen LogP contribution in [0.3, 0.4) is 0 Å². The molecule has 0 N–H and O–H groups in total. The van der Waals surface area contributed by atoms with Gasteiger partial charge in [0.1, 0.15) is 0 Å². The molecule has 1 aromatic rings. The largest absolute Gasteiger partial charge is 0.377 e. The number of ether oxygens (including phenoxy) is 3. The third kappa shape index (κ3) is 9.17. The number of hydrogen-bond acceptors (Lipinski definition) is 4. The highest BCUT2D eigenvalue weighted by Crippen LogP contribution is 2.28. The highest BCUT2D eigenvalue weighted by molar-refractivity contribution is 5.14. The first kappa shape index (κ1) is 26.1. The Hall–Kier alpha value is -0.940. The van der Waals surface area contributed by atoms with Gasteiger partial charge in [0, 0.05) is 19.7 Å². The average molecular weight is 408 g/mol. The van der Waals surface area contributed by atoms with E-state index in [0.717, 1.165) is 65.0 Å². The average Bonchev–Trinajstić information content (AvgIpc) is 2.75. The fraction of sp³-hybridized carbons (Fsp3) is 0.760. The Kier molecular flexibility index (Phi) is 12.7. The van der Waals surface area contributed by atoms with E-state index in [4.69, 9.17) is 14.2 Å². The maximum absolute atomic E-state index is 6.42. The van der Waals surface area contributed by atoms with Crippen molar-refractivity contribution in [2.45, 2.75) is 84.5 Å². The van der Waals surface area contributed by atoms with Crippen LogP contribution in [0.25, 0.3) is 0 Å². The van der Waals surface area contributed by atoms with Gasteiger partial charge in [-0.3, -0.25) is 4.90 Å². The van der Waals surface area contributed by atoms with E-state index in [0.29, 0.717) is 6.61 Å². The molecule has 4 heteroatoms. The van der Waals surface area contributed by atoms with E-state index < -0.39 is 0 Å². The van der Waals surface area contributed by atoms with Crippen LogP contribution in [0.4, 0.5) is 0 Å². The van der Waals surface area contributed by atoms with Gasteiger partial charge in [-0.15, -0.1) is 0 Å². The highest BCUT2D eigenvalue weighted by Gasteiger charge is 2.31. The van der Waals surface area contributed by atoms with Gasteiger partial charge in [-0.05, 0) is 51.6 Å². The Morgan fingerprint density at radius 2 is 1.41 bits per heavy atom. The smallest absolute Gasteiger partial charge is 0.0909 e. The Balaban J connectivity index is 2.42. The Bertz CT molecular complexity index is 512. The van der Waals surface area contributed by atoms with Crippen LogP contribution in [-0.2, 0) is 20.8 Å². The normalized spacial score (nSPS) is 12.7. The molecule has 0 radical (unpaired) electrons. The second-order valence-corrected chi connectivity index (χ2v) is 8.09.